The van der Waals surface area contributed by atoms with Gasteiger partial charge < -0.3 is 9.88 Å². The van der Waals surface area contributed by atoms with Crippen LogP contribution < -0.4 is 5.32 Å². The van der Waals surface area contributed by atoms with Crippen LogP contribution in [0.1, 0.15) is 31.5 Å². The quantitative estimate of drug-likeness (QED) is 0.747. The summed E-state index contributed by atoms with van der Waals surface area (Å²) in [6.07, 6.45) is 0. The maximum atomic E-state index is 12.4. The van der Waals surface area contributed by atoms with Crippen LogP contribution in [-0.2, 0) is 13.1 Å². The number of nitrogens with zero attached hydrogens (tertiary/aromatic N) is 1. The zero-order valence-corrected chi connectivity index (χ0v) is 14.3. The lowest BCUT2D eigenvalue weighted by Gasteiger charge is -2.08. The summed E-state index contributed by atoms with van der Waals surface area (Å²) in [6.45, 7) is 5.48. The van der Waals surface area contributed by atoms with Crippen LogP contribution in [0.5, 0.6) is 0 Å². The molecule has 3 rings (SSSR count). The van der Waals surface area contributed by atoms with Crippen molar-refractivity contribution in [3.05, 3.63) is 67.8 Å². The van der Waals surface area contributed by atoms with Crippen LogP contribution >= 0.6 is 22.7 Å². The second kappa shape index (κ2) is 6.50. The highest BCUT2D eigenvalue weighted by Crippen LogP contribution is 2.19. The Kier molecular flexibility index (Phi) is 4.45. The topological polar surface area (TPSA) is 34.0 Å². The van der Waals surface area contributed by atoms with E-state index in [1.54, 1.807) is 22.7 Å². The standard InChI is InChI=1S/C17H18N2OS2/c1-12-9-16(17(20)18-10-14-5-3-7-21-14)13(2)19(12)11-15-6-4-8-22-15/h3-9H,10-11H2,1-2H3,(H,18,20). The third-order valence-electron chi connectivity index (χ3n) is 3.72. The molecule has 0 aliphatic heterocycles. The molecule has 0 saturated heterocycles. The molecule has 0 bridgehead atoms. The van der Waals surface area contributed by atoms with E-state index < -0.39 is 0 Å². The highest BCUT2D eigenvalue weighted by molar-refractivity contribution is 7.10. The number of carbonyl (C=O) groups is 1. The molecule has 3 aromatic rings. The Labute approximate surface area is 138 Å². The van der Waals surface area contributed by atoms with Gasteiger partial charge in [0.05, 0.1) is 18.7 Å². The van der Waals surface area contributed by atoms with Crippen molar-refractivity contribution in [2.24, 2.45) is 0 Å². The Bertz CT molecular complexity index is 755. The average Bonchev–Trinajstić information content (AvgIpc) is 3.23. The van der Waals surface area contributed by atoms with Gasteiger partial charge in [-0.1, -0.05) is 12.1 Å². The Balaban J connectivity index is 1.75. The molecule has 3 nitrogen and oxygen atoms in total. The third-order valence-corrected chi connectivity index (χ3v) is 5.45. The minimum Gasteiger partial charge on any atom is -0.347 e. The number of carbonyl (C=O) groups excluding carboxylic acids is 1. The van der Waals surface area contributed by atoms with E-state index >= 15 is 0 Å². The first-order valence-corrected chi connectivity index (χ1v) is 8.91. The molecule has 5 heteroatoms. The molecule has 0 unspecified atom stereocenters. The lowest BCUT2D eigenvalue weighted by Crippen LogP contribution is -2.22. The van der Waals surface area contributed by atoms with Crippen molar-refractivity contribution in [3.63, 3.8) is 0 Å². The molecule has 22 heavy (non-hydrogen) atoms. The minimum atomic E-state index is -0.000991. The van der Waals surface area contributed by atoms with Crippen LogP contribution in [0, 0.1) is 13.8 Å². The SMILES string of the molecule is Cc1cc(C(=O)NCc2cccs2)c(C)n1Cc1cccs1. The third kappa shape index (κ3) is 3.15. The Morgan fingerprint density at radius 1 is 1.14 bits per heavy atom. The number of amides is 1. The van der Waals surface area contributed by atoms with E-state index in [0.29, 0.717) is 6.54 Å². The van der Waals surface area contributed by atoms with Gasteiger partial charge in [0.25, 0.3) is 5.91 Å². The second-order valence-corrected chi connectivity index (χ2v) is 7.28. The van der Waals surface area contributed by atoms with Crippen molar-refractivity contribution in [1.82, 2.24) is 9.88 Å². The maximum Gasteiger partial charge on any atom is 0.253 e. The van der Waals surface area contributed by atoms with Crippen molar-refractivity contribution in [2.45, 2.75) is 26.9 Å². The summed E-state index contributed by atoms with van der Waals surface area (Å²) in [7, 11) is 0. The van der Waals surface area contributed by atoms with Crippen molar-refractivity contribution in [3.8, 4) is 0 Å². The number of hydrogen-bond acceptors (Lipinski definition) is 3. The van der Waals surface area contributed by atoms with Gasteiger partial charge in [-0.05, 0) is 42.8 Å². The molecule has 1 N–H and O–H groups in total. The van der Waals surface area contributed by atoms with E-state index in [-0.39, 0.29) is 5.91 Å². The van der Waals surface area contributed by atoms with Crippen molar-refractivity contribution in [1.29, 1.82) is 0 Å². The summed E-state index contributed by atoms with van der Waals surface area (Å²) in [5.41, 5.74) is 2.91. The van der Waals surface area contributed by atoms with Crippen LogP contribution in [0.4, 0.5) is 0 Å². The minimum absolute atomic E-state index is 0.000991. The Hall–Kier alpha value is -1.85. The van der Waals surface area contributed by atoms with Crippen molar-refractivity contribution < 1.29 is 4.79 Å². The number of rotatable bonds is 5. The average molecular weight is 330 g/mol. The number of thiophene rings is 2. The van der Waals surface area contributed by atoms with Gasteiger partial charge in [-0.25, -0.2) is 0 Å². The summed E-state index contributed by atoms with van der Waals surface area (Å²) in [5.74, 6) is -0.000991. The van der Waals surface area contributed by atoms with Gasteiger partial charge in [-0.3, -0.25) is 4.79 Å². The first kappa shape index (κ1) is 15.1. The second-order valence-electron chi connectivity index (χ2n) is 5.21. The maximum absolute atomic E-state index is 12.4. The molecule has 3 aromatic heterocycles. The number of aryl methyl sites for hydroxylation is 1. The molecule has 0 aliphatic rings. The van der Waals surface area contributed by atoms with Gasteiger partial charge in [0, 0.05) is 21.1 Å². The van der Waals surface area contributed by atoms with Gasteiger partial charge in [0.1, 0.15) is 0 Å². The normalized spacial score (nSPS) is 10.8. The van der Waals surface area contributed by atoms with Crippen LogP contribution in [0.3, 0.4) is 0 Å². The van der Waals surface area contributed by atoms with Crippen molar-refractivity contribution >= 4 is 28.6 Å². The molecule has 0 spiro atoms. The summed E-state index contributed by atoms with van der Waals surface area (Å²) in [5, 5.41) is 7.11. The van der Waals surface area contributed by atoms with Gasteiger partial charge in [-0.15, -0.1) is 22.7 Å². The monoisotopic (exact) mass is 330 g/mol. The molecule has 0 aromatic carbocycles. The molecule has 0 atom stereocenters. The smallest absolute Gasteiger partial charge is 0.253 e. The summed E-state index contributed by atoms with van der Waals surface area (Å²) >= 11 is 3.40. The highest BCUT2D eigenvalue weighted by Gasteiger charge is 2.15. The van der Waals surface area contributed by atoms with Gasteiger partial charge in [-0.2, -0.15) is 0 Å². The zero-order valence-electron chi connectivity index (χ0n) is 12.6. The van der Waals surface area contributed by atoms with E-state index in [2.05, 4.69) is 34.3 Å². The fourth-order valence-corrected chi connectivity index (χ4v) is 3.85. The lowest BCUT2D eigenvalue weighted by molar-refractivity contribution is 0.0950. The fraction of sp³-hybridized carbons (Fsp3) is 0.235. The fourth-order valence-electron chi connectivity index (χ4n) is 2.51. The van der Waals surface area contributed by atoms with Gasteiger partial charge >= 0.3 is 0 Å². The van der Waals surface area contributed by atoms with Crippen LogP contribution in [0.15, 0.2) is 41.1 Å². The predicted octanol–water partition coefficient (Wildman–Crippen LogP) is 4.21. The molecule has 0 radical (unpaired) electrons. The lowest BCUT2D eigenvalue weighted by atomic mass is 10.2. The highest BCUT2D eigenvalue weighted by atomic mass is 32.1. The number of aromatic nitrogens is 1. The summed E-state index contributed by atoms with van der Waals surface area (Å²) < 4.78 is 2.20. The van der Waals surface area contributed by atoms with Crippen molar-refractivity contribution in [2.75, 3.05) is 0 Å². The first-order valence-electron chi connectivity index (χ1n) is 7.15. The van der Waals surface area contributed by atoms with Crippen LogP contribution in [-0.4, -0.2) is 10.5 Å². The number of nitrogens with one attached hydrogen (secondary N) is 1. The van der Waals surface area contributed by atoms with E-state index in [1.165, 1.54) is 9.75 Å². The van der Waals surface area contributed by atoms with E-state index in [0.717, 1.165) is 23.5 Å². The predicted molar refractivity (Wildman–Crippen MR) is 92.8 cm³/mol. The Morgan fingerprint density at radius 2 is 1.82 bits per heavy atom. The summed E-state index contributed by atoms with van der Waals surface area (Å²) in [6, 6.07) is 10.2. The molecular formula is C17H18N2OS2. The van der Waals surface area contributed by atoms with E-state index in [9.17, 15) is 4.79 Å². The molecule has 114 valence electrons. The number of hydrogen-bond donors (Lipinski definition) is 1. The van der Waals surface area contributed by atoms with Crippen LogP contribution in [0.2, 0.25) is 0 Å². The van der Waals surface area contributed by atoms with E-state index in [4.69, 9.17) is 0 Å². The van der Waals surface area contributed by atoms with Crippen LogP contribution in [0.25, 0.3) is 0 Å². The van der Waals surface area contributed by atoms with Gasteiger partial charge in [0.15, 0.2) is 0 Å². The van der Waals surface area contributed by atoms with Gasteiger partial charge in [0.2, 0.25) is 0 Å². The molecule has 3 heterocycles. The Morgan fingerprint density at radius 3 is 2.45 bits per heavy atom. The molecule has 0 aliphatic carbocycles. The zero-order chi connectivity index (χ0) is 15.5. The molecule has 1 amide bonds. The van der Waals surface area contributed by atoms with E-state index in [1.807, 2.05) is 30.5 Å². The summed E-state index contributed by atoms with van der Waals surface area (Å²) in [4.78, 5) is 14.9. The largest absolute Gasteiger partial charge is 0.347 e. The first-order chi connectivity index (χ1) is 10.6. The molecule has 0 fully saturated rings. The molecular weight excluding hydrogens is 312 g/mol. The molecule has 0 saturated carbocycles.